The minimum Gasteiger partial charge on any atom is -0.399 e. The number of fused-ring (bicyclic) bond motifs is 1. The van der Waals surface area contributed by atoms with Gasteiger partial charge < -0.3 is 5.73 Å². The molecule has 0 aliphatic heterocycles. The number of benzene rings is 1. The van der Waals surface area contributed by atoms with Gasteiger partial charge in [0.05, 0.1) is 0 Å². The summed E-state index contributed by atoms with van der Waals surface area (Å²) in [4.78, 5) is 4.40. The molecule has 2 heterocycles. The lowest BCUT2D eigenvalue weighted by molar-refractivity contribution is 0.966. The summed E-state index contributed by atoms with van der Waals surface area (Å²) in [6.45, 7) is 0. The second-order valence-corrected chi connectivity index (χ2v) is 4.07. The molecule has 84 valence electrons. The molecule has 17 heavy (non-hydrogen) atoms. The van der Waals surface area contributed by atoms with Crippen LogP contribution in [0.2, 0.25) is 5.15 Å². The lowest BCUT2D eigenvalue weighted by Crippen LogP contribution is -1.89. The van der Waals surface area contributed by atoms with Gasteiger partial charge in [-0.15, -0.1) is 5.10 Å². The van der Waals surface area contributed by atoms with E-state index in [1.54, 1.807) is 10.6 Å². The number of halogens is 1. The van der Waals surface area contributed by atoms with Crippen molar-refractivity contribution in [2.24, 2.45) is 0 Å². The van der Waals surface area contributed by atoms with Crippen LogP contribution in [0.1, 0.15) is 0 Å². The van der Waals surface area contributed by atoms with Gasteiger partial charge in [-0.25, -0.2) is 9.50 Å². The summed E-state index contributed by atoms with van der Waals surface area (Å²) in [5.74, 6) is 0.616. The van der Waals surface area contributed by atoms with Crippen LogP contribution in [-0.4, -0.2) is 14.6 Å². The molecule has 0 fully saturated rings. The molecule has 1 aromatic carbocycles. The van der Waals surface area contributed by atoms with Crippen molar-refractivity contribution in [2.45, 2.75) is 0 Å². The molecule has 0 atom stereocenters. The standard InChI is InChI=1S/C12H9ClN4/c13-10-5-2-6-11-15-12(16-17(10)11)8-3-1-4-9(14)7-8/h1-7H,14H2. The fourth-order valence-electron chi connectivity index (χ4n) is 1.67. The molecule has 0 spiro atoms. The monoisotopic (exact) mass is 244 g/mol. The van der Waals surface area contributed by atoms with Crippen LogP contribution in [0.3, 0.4) is 0 Å². The molecule has 0 amide bonds. The number of hydrogen-bond donors (Lipinski definition) is 1. The Bertz CT molecular complexity index is 690. The third-order valence-electron chi connectivity index (χ3n) is 2.46. The first-order valence-electron chi connectivity index (χ1n) is 5.11. The maximum Gasteiger partial charge on any atom is 0.182 e. The van der Waals surface area contributed by atoms with Crippen molar-refractivity contribution >= 4 is 22.9 Å². The first-order valence-corrected chi connectivity index (χ1v) is 5.49. The molecule has 3 aromatic rings. The molecule has 0 radical (unpaired) electrons. The summed E-state index contributed by atoms with van der Waals surface area (Å²) in [7, 11) is 0. The summed E-state index contributed by atoms with van der Waals surface area (Å²) in [5.41, 5.74) is 8.02. The third-order valence-corrected chi connectivity index (χ3v) is 2.74. The molecular weight excluding hydrogens is 236 g/mol. The van der Waals surface area contributed by atoms with Gasteiger partial charge in [-0.3, -0.25) is 0 Å². The van der Waals surface area contributed by atoms with Crippen LogP contribution in [0.4, 0.5) is 5.69 Å². The molecule has 3 rings (SSSR count). The molecule has 0 saturated carbocycles. The van der Waals surface area contributed by atoms with Gasteiger partial charge in [-0.1, -0.05) is 29.8 Å². The van der Waals surface area contributed by atoms with E-state index < -0.39 is 0 Å². The van der Waals surface area contributed by atoms with Crippen molar-refractivity contribution in [2.75, 3.05) is 5.73 Å². The SMILES string of the molecule is Nc1cccc(-c2nc3cccc(Cl)n3n2)c1. The predicted octanol–water partition coefficient (Wildman–Crippen LogP) is 2.63. The Morgan fingerprint density at radius 2 is 1.94 bits per heavy atom. The van der Waals surface area contributed by atoms with Crippen LogP contribution in [-0.2, 0) is 0 Å². The fraction of sp³-hybridized carbons (Fsp3) is 0. The van der Waals surface area contributed by atoms with Gasteiger partial charge >= 0.3 is 0 Å². The number of aromatic nitrogens is 3. The topological polar surface area (TPSA) is 56.2 Å². The van der Waals surface area contributed by atoms with Crippen molar-refractivity contribution in [3.8, 4) is 11.4 Å². The Balaban J connectivity index is 2.22. The van der Waals surface area contributed by atoms with E-state index >= 15 is 0 Å². The lowest BCUT2D eigenvalue weighted by Gasteiger charge is -1.96. The number of nitrogens with two attached hydrogens (primary N) is 1. The van der Waals surface area contributed by atoms with Crippen LogP contribution in [0, 0.1) is 0 Å². The second-order valence-electron chi connectivity index (χ2n) is 3.68. The number of nitrogens with zero attached hydrogens (tertiary/aromatic N) is 3. The summed E-state index contributed by atoms with van der Waals surface area (Å²) in [5, 5.41) is 4.87. The van der Waals surface area contributed by atoms with Crippen molar-refractivity contribution in [1.82, 2.24) is 14.6 Å². The van der Waals surface area contributed by atoms with Crippen molar-refractivity contribution in [1.29, 1.82) is 0 Å². The summed E-state index contributed by atoms with van der Waals surface area (Å²) >= 11 is 6.02. The lowest BCUT2D eigenvalue weighted by atomic mass is 10.2. The Hall–Kier alpha value is -2.07. The third kappa shape index (κ3) is 1.72. The van der Waals surface area contributed by atoms with E-state index in [-0.39, 0.29) is 0 Å². The molecule has 0 aliphatic carbocycles. The van der Waals surface area contributed by atoms with Gasteiger partial charge in [0, 0.05) is 11.3 Å². The highest BCUT2D eigenvalue weighted by atomic mass is 35.5. The van der Waals surface area contributed by atoms with E-state index in [0.29, 0.717) is 16.7 Å². The van der Waals surface area contributed by atoms with Gasteiger partial charge in [0.15, 0.2) is 11.5 Å². The van der Waals surface area contributed by atoms with E-state index in [1.165, 1.54) is 0 Å². The quantitative estimate of drug-likeness (QED) is 0.529. The van der Waals surface area contributed by atoms with Gasteiger partial charge in [0.2, 0.25) is 0 Å². The minimum atomic E-state index is 0.533. The maximum absolute atomic E-state index is 6.02. The molecule has 0 bridgehead atoms. The van der Waals surface area contributed by atoms with Crippen LogP contribution in [0.5, 0.6) is 0 Å². The molecule has 2 N–H and O–H groups in total. The van der Waals surface area contributed by atoms with Gasteiger partial charge in [0.25, 0.3) is 0 Å². The smallest absolute Gasteiger partial charge is 0.182 e. The van der Waals surface area contributed by atoms with Gasteiger partial charge in [0.1, 0.15) is 5.15 Å². The number of anilines is 1. The number of pyridine rings is 1. The number of hydrogen-bond acceptors (Lipinski definition) is 3. The van der Waals surface area contributed by atoms with E-state index in [2.05, 4.69) is 10.1 Å². The Morgan fingerprint density at radius 3 is 2.71 bits per heavy atom. The zero-order valence-electron chi connectivity index (χ0n) is 8.84. The Labute approximate surface area is 103 Å². The minimum absolute atomic E-state index is 0.533. The van der Waals surface area contributed by atoms with E-state index in [0.717, 1.165) is 11.2 Å². The summed E-state index contributed by atoms with van der Waals surface area (Å²) in [6, 6.07) is 12.9. The van der Waals surface area contributed by atoms with Gasteiger partial charge in [-0.05, 0) is 24.3 Å². The van der Waals surface area contributed by atoms with Crippen molar-refractivity contribution in [3.05, 3.63) is 47.6 Å². The normalized spacial score (nSPS) is 10.9. The van der Waals surface area contributed by atoms with E-state index in [4.69, 9.17) is 17.3 Å². The summed E-state index contributed by atoms with van der Waals surface area (Å²) < 4.78 is 1.60. The highest BCUT2D eigenvalue weighted by molar-refractivity contribution is 6.29. The van der Waals surface area contributed by atoms with Gasteiger partial charge in [-0.2, -0.15) is 0 Å². The number of rotatable bonds is 1. The van der Waals surface area contributed by atoms with Crippen LogP contribution in [0.25, 0.3) is 17.0 Å². The zero-order valence-corrected chi connectivity index (χ0v) is 9.59. The van der Waals surface area contributed by atoms with E-state index in [1.807, 2.05) is 36.4 Å². The molecule has 2 aromatic heterocycles. The highest BCUT2D eigenvalue weighted by Gasteiger charge is 2.07. The number of nitrogen functional groups attached to an aromatic ring is 1. The largest absolute Gasteiger partial charge is 0.399 e. The second kappa shape index (κ2) is 3.75. The first kappa shape index (κ1) is 10.1. The molecule has 0 saturated heterocycles. The first-order chi connectivity index (χ1) is 8.24. The average Bonchev–Trinajstić information content (AvgIpc) is 2.74. The molecule has 5 heteroatoms. The Morgan fingerprint density at radius 1 is 1.12 bits per heavy atom. The van der Waals surface area contributed by atoms with Crippen LogP contribution >= 0.6 is 11.6 Å². The van der Waals surface area contributed by atoms with E-state index in [9.17, 15) is 0 Å². The van der Waals surface area contributed by atoms with Crippen LogP contribution < -0.4 is 5.73 Å². The average molecular weight is 245 g/mol. The molecule has 4 nitrogen and oxygen atoms in total. The molecular formula is C12H9ClN4. The van der Waals surface area contributed by atoms with Crippen molar-refractivity contribution in [3.63, 3.8) is 0 Å². The Kier molecular flexibility index (Phi) is 2.23. The summed E-state index contributed by atoms with van der Waals surface area (Å²) in [6.07, 6.45) is 0. The van der Waals surface area contributed by atoms with Crippen LogP contribution in [0.15, 0.2) is 42.5 Å². The molecule has 0 aliphatic rings. The zero-order chi connectivity index (χ0) is 11.8. The highest BCUT2D eigenvalue weighted by Crippen LogP contribution is 2.20. The fourth-order valence-corrected chi connectivity index (χ4v) is 1.87. The van der Waals surface area contributed by atoms with Crippen molar-refractivity contribution < 1.29 is 0 Å². The maximum atomic E-state index is 6.02. The predicted molar refractivity (Wildman–Crippen MR) is 67.8 cm³/mol. The molecule has 0 unspecified atom stereocenters.